The summed E-state index contributed by atoms with van der Waals surface area (Å²) in [5, 5.41) is 6.29. The topological polar surface area (TPSA) is 93.5 Å². The Morgan fingerprint density at radius 2 is 1.93 bits per heavy atom. The largest absolute Gasteiger partial charge is 0.434 e. The maximum Gasteiger partial charge on any atom is 0.394 e. The van der Waals surface area contributed by atoms with Crippen molar-refractivity contribution in [2.24, 2.45) is 5.41 Å². The fourth-order valence-electron chi connectivity index (χ4n) is 4.55. The van der Waals surface area contributed by atoms with E-state index in [0.29, 0.717) is 12.8 Å². The molecule has 1 aromatic carbocycles. The molecule has 2 aromatic rings. The van der Waals surface area contributed by atoms with E-state index in [-0.39, 0.29) is 53.2 Å². The van der Waals surface area contributed by atoms with E-state index in [0.717, 1.165) is 19.9 Å². The van der Waals surface area contributed by atoms with Gasteiger partial charge in [-0.1, -0.05) is 31.5 Å². The molecule has 0 spiro atoms. The number of alkyl halides is 5. The van der Waals surface area contributed by atoms with Crippen LogP contribution in [-0.2, 0) is 22.8 Å². The van der Waals surface area contributed by atoms with Gasteiger partial charge < -0.3 is 10.1 Å². The second-order valence-corrected chi connectivity index (χ2v) is 14.2. The molecule has 41 heavy (non-hydrogen) atoms. The van der Waals surface area contributed by atoms with Crippen LogP contribution >= 0.6 is 27.7 Å². The number of piperidine rings is 1. The van der Waals surface area contributed by atoms with Crippen LogP contribution < -0.4 is 10.1 Å². The molecule has 1 fully saturated rings. The average molecular weight is 694 g/mol. The first-order chi connectivity index (χ1) is 18.9. The Morgan fingerprint density at radius 3 is 2.46 bits per heavy atom. The zero-order chi connectivity index (χ0) is 30.9. The number of sulfone groups is 1. The van der Waals surface area contributed by atoms with Crippen LogP contribution in [-0.4, -0.2) is 71.5 Å². The van der Waals surface area contributed by atoms with Crippen LogP contribution in [0, 0.1) is 5.41 Å². The van der Waals surface area contributed by atoms with Gasteiger partial charge in [0.05, 0.1) is 21.4 Å². The van der Waals surface area contributed by atoms with Crippen molar-refractivity contribution >= 4 is 43.5 Å². The van der Waals surface area contributed by atoms with Crippen LogP contribution in [0.2, 0.25) is 5.02 Å². The first-order valence-electron chi connectivity index (χ1n) is 12.7. The third-order valence-electron chi connectivity index (χ3n) is 7.04. The van der Waals surface area contributed by atoms with E-state index in [4.69, 9.17) is 11.6 Å². The number of hydrogen-bond donors (Lipinski definition) is 1. The van der Waals surface area contributed by atoms with Crippen LogP contribution in [0.25, 0.3) is 11.3 Å². The Bertz CT molecular complexity index is 1370. The Labute approximate surface area is 248 Å². The number of hydrogen-bond acceptors (Lipinski definition) is 6. The summed E-state index contributed by atoms with van der Waals surface area (Å²) in [5.41, 5.74) is -2.07. The van der Waals surface area contributed by atoms with Crippen LogP contribution in [0.3, 0.4) is 0 Å². The SMILES string of the molecule is CCn1nc(C(=O)NC[C@H]2CC[C@H](S(C)(=O)=O)CN2Br)c(Cl)c1-c1ccc(CC(C)(C)C(F)(F)F)cc1OC(F)F. The summed E-state index contributed by atoms with van der Waals surface area (Å²) in [7, 11) is -3.22. The Morgan fingerprint density at radius 1 is 1.27 bits per heavy atom. The number of benzene rings is 1. The van der Waals surface area contributed by atoms with Gasteiger partial charge in [0.2, 0.25) is 0 Å². The number of nitrogens with one attached hydrogen (secondary N) is 1. The highest BCUT2D eigenvalue weighted by Crippen LogP contribution is 2.43. The molecule has 1 saturated heterocycles. The molecule has 0 bridgehead atoms. The number of aryl methyl sites for hydroxylation is 1. The van der Waals surface area contributed by atoms with Gasteiger partial charge in [-0.15, -0.1) is 0 Å². The second kappa shape index (κ2) is 12.7. The summed E-state index contributed by atoms with van der Waals surface area (Å²) in [6.45, 7) is 1.01. The lowest BCUT2D eigenvalue weighted by Crippen LogP contribution is -2.47. The van der Waals surface area contributed by atoms with Gasteiger partial charge in [-0.05, 0) is 43.9 Å². The lowest BCUT2D eigenvalue weighted by atomic mass is 9.84. The summed E-state index contributed by atoms with van der Waals surface area (Å²) in [6.07, 6.45) is -2.90. The third kappa shape index (κ3) is 7.90. The number of carbonyl (C=O) groups excluding carboxylic acids is 1. The third-order valence-corrected chi connectivity index (χ3v) is 9.86. The van der Waals surface area contributed by atoms with Gasteiger partial charge in [0.25, 0.3) is 5.91 Å². The molecule has 0 aliphatic carbocycles. The fourth-order valence-corrected chi connectivity index (χ4v) is 6.76. The van der Waals surface area contributed by atoms with Gasteiger partial charge in [0, 0.05) is 53.6 Å². The monoisotopic (exact) mass is 692 g/mol. The van der Waals surface area contributed by atoms with Crippen LogP contribution in [0.4, 0.5) is 22.0 Å². The van der Waals surface area contributed by atoms with E-state index in [1.807, 2.05) is 0 Å². The number of carbonyl (C=O) groups is 1. The highest BCUT2D eigenvalue weighted by molar-refractivity contribution is 9.07. The maximum atomic E-state index is 13.4. The number of halogens is 7. The van der Waals surface area contributed by atoms with E-state index in [9.17, 15) is 35.2 Å². The average Bonchev–Trinajstić information content (AvgIpc) is 3.17. The molecule has 2 atom stereocenters. The summed E-state index contributed by atoms with van der Waals surface area (Å²) in [4.78, 5) is 13.1. The molecule has 0 saturated carbocycles. The van der Waals surface area contributed by atoms with E-state index >= 15 is 0 Å². The molecule has 1 aliphatic rings. The predicted octanol–water partition coefficient (Wildman–Crippen LogP) is 5.87. The van der Waals surface area contributed by atoms with E-state index in [2.05, 4.69) is 31.3 Å². The molecule has 16 heteroatoms. The van der Waals surface area contributed by atoms with Gasteiger partial charge >= 0.3 is 12.8 Å². The number of nitrogens with zero attached hydrogens (tertiary/aromatic N) is 3. The van der Waals surface area contributed by atoms with Crippen LogP contribution in [0.15, 0.2) is 18.2 Å². The molecule has 1 aliphatic heterocycles. The Balaban J connectivity index is 1.88. The molecule has 0 unspecified atom stereocenters. The summed E-state index contributed by atoms with van der Waals surface area (Å²) in [6, 6.07) is 3.58. The molecule has 1 amide bonds. The summed E-state index contributed by atoms with van der Waals surface area (Å²) in [5.74, 6) is -1.05. The second-order valence-electron chi connectivity index (χ2n) is 10.6. The molecule has 230 valence electrons. The van der Waals surface area contributed by atoms with Crippen molar-refractivity contribution in [2.45, 2.75) is 70.7 Å². The lowest BCUT2D eigenvalue weighted by Gasteiger charge is -2.34. The van der Waals surface area contributed by atoms with E-state index in [1.54, 1.807) is 10.8 Å². The molecular formula is C25H31BrClF5N4O4S. The molecule has 1 N–H and O–H groups in total. The van der Waals surface area contributed by atoms with Crippen molar-refractivity contribution < 1.29 is 39.9 Å². The van der Waals surface area contributed by atoms with Gasteiger partial charge in [0.15, 0.2) is 15.5 Å². The smallest absolute Gasteiger partial charge is 0.394 e. The van der Waals surface area contributed by atoms with Gasteiger partial charge in [-0.25, -0.2) is 12.3 Å². The van der Waals surface area contributed by atoms with Crippen molar-refractivity contribution in [3.05, 3.63) is 34.5 Å². The van der Waals surface area contributed by atoms with E-state index < -0.39 is 51.4 Å². The number of amides is 1. The summed E-state index contributed by atoms with van der Waals surface area (Å²) >= 11 is 9.91. The van der Waals surface area contributed by atoms with Gasteiger partial charge in [0.1, 0.15) is 5.75 Å². The molecule has 1 aromatic heterocycles. The molecule has 3 rings (SSSR count). The highest BCUT2D eigenvalue weighted by atomic mass is 79.9. The van der Waals surface area contributed by atoms with E-state index in [1.165, 1.54) is 23.1 Å². The minimum Gasteiger partial charge on any atom is -0.434 e. The van der Waals surface area contributed by atoms with Crippen LogP contribution in [0.1, 0.15) is 49.7 Å². The maximum absolute atomic E-state index is 13.4. The number of rotatable bonds is 10. The minimum absolute atomic E-state index is 0.0306. The quantitative estimate of drug-likeness (QED) is 0.247. The van der Waals surface area contributed by atoms with Gasteiger partial charge in [-0.3, -0.25) is 9.48 Å². The number of ether oxygens (including phenoxy) is 1. The lowest BCUT2D eigenvalue weighted by molar-refractivity contribution is -0.211. The molecule has 8 nitrogen and oxygen atoms in total. The van der Waals surface area contributed by atoms with Crippen molar-refractivity contribution in [1.82, 2.24) is 19.0 Å². The van der Waals surface area contributed by atoms with Crippen molar-refractivity contribution in [3.8, 4) is 17.0 Å². The zero-order valence-electron chi connectivity index (χ0n) is 22.7. The Hall–Kier alpha value is -1.97. The highest BCUT2D eigenvalue weighted by Gasteiger charge is 2.47. The molecular weight excluding hydrogens is 663 g/mol. The van der Waals surface area contributed by atoms with Crippen molar-refractivity contribution in [1.29, 1.82) is 0 Å². The molecule has 0 radical (unpaired) electrons. The minimum atomic E-state index is -4.53. The van der Waals surface area contributed by atoms with Crippen molar-refractivity contribution in [2.75, 3.05) is 19.3 Å². The number of aromatic nitrogens is 2. The van der Waals surface area contributed by atoms with Gasteiger partial charge in [-0.2, -0.15) is 27.1 Å². The van der Waals surface area contributed by atoms with Crippen LogP contribution in [0.5, 0.6) is 5.75 Å². The van der Waals surface area contributed by atoms with Crippen molar-refractivity contribution in [3.63, 3.8) is 0 Å². The standard InChI is InChI=1S/C25H31BrClF5N4O4S/c1-5-36-21(17-9-6-14(10-18(17)40-23(28)29)11-24(2,3)25(30,31)32)19(27)20(34-36)22(37)33-12-15-7-8-16(13-35(15)26)41(4,38)39/h6,9-10,15-16,23H,5,7-8,11-13H2,1-4H3,(H,33,37)/t15-,16+/m1/s1. The first-order valence-corrected chi connectivity index (χ1v) is 15.7. The molecule has 2 heterocycles. The predicted molar refractivity (Wildman–Crippen MR) is 148 cm³/mol. The Kier molecular flexibility index (Phi) is 10.4. The summed E-state index contributed by atoms with van der Waals surface area (Å²) < 4.78 is 98.3. The normalized spacial score (nSPS) is 19.0. The zero-order valence-corrected chi connectivity index (χ0v) is 25.9. The first kappa shape index (κ1) is 33.5. The fraction of sp³-hybridized carbons (Fsp3) is 0.600.